The van der Waals surface area contributed by atoms with Gasteiger partial charge < -0.3 is 10.2 Å². The molecule has 3 aromatic rings. The molecular formula is C27H28Cl2FN3O4S. The highest BCUT2D eigenvalue weighted by Gasteiger charge is 2.33. The van der Waals surface area contributed by atoms with Crippen molar-refractivity contribution in [3.05, 3.63) is 93.7 Å². The summed E-state index contributed by atoms with van der Waals surface area (Å²) in [6.07, 6.45) is 0. The minimum absolute atomic E-state index is 0.00963. The summed E-state index contributed by atoms with van der Waals surface area (Å²) in [4.78, 5) is 27.5. The van der Waals surface area contributed by atoms with Crippen LogP contribution in [0.2, 0.25) is 10.0 Å². The van der Waals surface area contributed by atoms with Gasteiger partial charge in [0.2, 0.25) is 11.8 Å². The Labute approximate surface area is 232 Å². The van der Waals surface area contributed by atoms with Crippen molar-refractivity contribution in [1.29, 1.82) is 0 Å². The van der Waals surface area contributed by atoms with Crippen LogP contribution >= 0.6 is 23.2 Å². The van der Waals surface area contributed by atoms with Gasteiger partial charge in [0.05, 0.1) is 20.6 Å². The van der Waals surface area contributed by atoms with Gasteiger partial charge in [-0.25, -0.2) is 12.8 Å². The lowest BCUT2D eigenvalue weighted by Crippen LogP contribution is -2.51. The lowest BCUT2D eigenvalue weighted by Gasteiger charge is -2.32. The fourth-order valence-electron chi connectivity index (χ4n) is 3.75. The Morgan fingerprint density at radius 3 is 2.29 bits per heavy atom. The average Bonchev–Trinajstić information content (AvgIpc) is 2.88. The van der Waals surface area contributed by atoms with E-state index in [1.165, 1.54) is 55.5 Å². The third-order valence-electron chi connectivity index (χ3n) is 5.90. The molecule has 3 rings (SSSR count). The predicted molar refractivity (Wildman–Crippen MR) is 147 cm³/mol. The van der Waals surface area contributed by atoms with E-state index in [1.807, 2.05) is 6.92 Å². The van der Waals surface area contributed by atoms with E-state index < -0.39 is 40.2 Å². The number of benzene rings is 3. The normalized spacial score (nSPS) is 12.1. The van der Waals surface area contributed by atoms with Crippen LogP contribution in [-0.2, 0) is 26.2 Å². The molecule has 11 heteroatoms. The van der Waals surface area contributed by atoms with Crippen molar-refractivity contribution in [2.24, 2.45) is 0 Å². The Morgan fingerprint density at radius 1 is 1.00 bits per heavy atom. The number of nitrogens with one attached hydrogen (secondary N) is 1. The van der Waals surface area contributed by atoms with Gasteiger partial charge in [-0.15, -0.1) is 0 Å². The summed E-state index contributed by atoms with van der Waals surface area (Å²) in [5, 5.41) is 2.68. The predicted octanol–water partition coefficient (Wildman–Crippen LogP) is 5.19. The maximum atomic E-state index is 14.5. The summed E-state index contributed by atoms with van der Waals surface area (Å²) in [5.41, 5.74) is 1.01. The number of sulfonamides is 1. The number of carbonyl (C=O) groups is 2. The topological polar surface area (TPSA) is 86.8 Å². The highest BCUT2D eigenvalue weighted by molar-refractivity contribution is 7.92. The van der Waals surface area contributed by atoms with Crippen LogP contribution in [0.4, 0.5) is 10.1 Å². The number of amides is 2. The third kappa shape index (κ3) is 6.64. The first-order valence-electron chi connectivity index (χ1n) is 11.8. The molecule has 0 aliphatic heterocycles. The number of carbonyl (C=O) groups excluding carboxylic acids is 2. The molecule has 2 amide bonds. The van der Waals surface area contributed by atoms with Crippen LogP contribution in [0.15, 0.2) is 71.6 Å². The Kier molecular flexibility index (Phi) is 9.76. The first kappa shape index (κ1) is 29.4. The van der Waals surface area contributed by atoms with Gasteiger partial charge in [-0.1, -0.05) is 65.2 Å². The van der Waals surface area contributed by atoms with E-state index in [9.17, 15) is 22.4 Å². The molecule has 0 heterocycles. The van der Waals surface area contributed by atoms with Crippen LogP contribution in [0.1, 0.15) is 25.0 Å². The number of hydrogen-bond acceptors (Lipinski definition) is 4. The van der Waals surface area contributed by atoms with Crippen molar-refractivity contribution < 1.29 is 22.4 Å². The Morgan fingerprint density at radius 2 is 1.66 bits per heavy atom. The number of hydrogen-bond donors (Lipinski definition) is 1. The van der Waals surface area contributed by atoms with E-state index in [-0.39, 0.29) is 32.7 Å². The van der Waals surface area contributed by atoms with Crippen molar-refractivity contribution in [2.75, 3.05) is 17.4 Å². The second-order valence-corrected chi connectivity index (χ2v) is 11.2. The molecule has 202 valence electrons. The highest BCUT2D eigenvalue weighted by Crippen LogP contribution is 2.35. The summed E-state index contributed by atoms with van der Waals surface area (Å²) in [5.74, 6) is -1.76. The van der Waals surface area contributed by atoms with Gasteiger partial charge in [0.1, 0.15) is 18.4 Å². The summed E-state index contributed by atoms with van der Waals surface area (Å²) in [7, 11) is -4.31. The first-order chi connectivity index (χ1) is 18.0. The molecule has 0 aliphatic rings. The van der Waals surface area contributed by atoms with Crippen LogP contribution < -0.4 is 9.62 Å². The van der Waals surface area contributed by atoms with E-state index in [0.717, 1.165) is 14.8 Å². The molecule has 1 atom stereocenters. The Balaban J connectivity index is 2.09. The molecule has 0 saturated carbocycles. The van der Waals surface area contributed by atoms with Crippen molar-refractivity contribution >= 4 is 50.7 Å². The van der Waals surface area contributed by atoms with Crippen LogP contribution in [-0.4, -0.2) is 44.3 Å². The molecule has 3 aromatic carbocycles. The van der Waals surface area contributed by atoms with E-state index in [4.69, 9.17) is 23.2 Å². The quantitative estimate of drug-likeness (QED) is 0.358. The molecule has 0 unspecified atom stereocenters. The first-order valence-corrected chi connectivity index (χ1v) is 14.0. The smallest absolute Gasteiger partial charge is 0.264 e. The molecule has 38 heavy (non-hydrogen) atoms. The highest BCUT2D eigenvalue weighted by atomic mass is 35.5. The van der Waals surface area contributed by atoms with Gasteiger partial charge in [0.25, 0.3) is 10.0 Å². The number of halogens is 3. The summed E-state index contributed by atoms with van der Waals surface area (Å²) < 4.78 is 43.0. The maximum Gasteiger partial charge on any atom is 0.264 e. The minimum Gasteiger partial charge on any atom is -0.355 e. The van der Waals surface area contributed by atoms with E-state index in [2.05, 4.69) is 5.32 Å². The van der Waals surface area contributed by atoms with Crippen molar-refractivity contribution in [3.63, 3.8) is 0 Å². The molecule has 0 bridgehead atoms. The van der Waals surface area contributed by atoms with Crippen molar-refractivity contribution in [3.8, 4) is 0 Å². The zero-order chi connectivity index (χ0) is 28.0. The van der Waals surface area contributed by atoms with Gasteiger partial charge in [0.15, 0.2) is 0 Å². The summed E-state index contributed by atoms with van der Waals surface area (Å²) in [6, 6.07) is 15.4. The van der Waals surface area contributed by atoms with Gasteiger partial charge in [-0.3, -0.25) is 13.9 Å². The van der Waals surface area contributed by atoms with Crippen LogP contribution in [0.25, 0.3) is 0 Å². The Hall–Kier alpha value is -3.14. The fourth-order valence-corrected chi connectivity index (χ4v) is 5.62. The lowest BCUT2D eigenvalue weighted by atomic mass is 10.1. The van der Waals surface area contributed by atoms with Gasteiger partial charge in [-0.05, 0) is 51.1 Å². The van der Waals surface area contributed by atoms with E-state index in [0.29, 0.717) is 6.54 Å². The van der Waals surface area contributed by atoms with Crippen LogP contribution in [0.5, 0.6) is 0 Å². The number of nitrogens with zero attached hydrogens (tertiary/aromatic N) is 2. The zero-order valence-corrected chi connectivity index (χ0v) is 23.4. The number of aryl methyl sites for hydroxylation is 1. The van der Waals surface area contributed by atoms with E-state index >= 15 is 0 Å². The maximum absolute atomic E-state index is 14.5. The van der Waals surface area contributed by atoms with Crippen LogP contribution in [0, 0.1) is 12.7 Å². The molecule has 0 aliphatic carbocycles. The molecule has 0 saturated heterocycles. The average molecular weight is 581 g/mol. The molecule has 0 radical (unpaired) electrons. The molecule has 0 aromatic heterocycles. The van der Waals surface area contributed by atoms with Crippen LogP contribution in [0.3, 0.4) is 0 Å². The molecule has 7 nitrogen and oxygen atoms in total. The standard InChI is InChI=1S/C27H28Cl2FN3O4S/c1-4-31-27(35)19(3)32(16-20-8-5-6-10-23(20)30)25(34)17-33(24-11-7-9-22(28)26(24)29)38(36,37)21-14-12-18(2)13-15-21/h5-15,19H,4,16-17H2,1-3H3,(H,31,35)/t19-/m1/s1. The van der Waals surface area contributed by atoms with Crippen molar-refractivity contribution in [1.82, 2.24) is 10.2 Å². The minimum atomic E-state index is -4.31. The molecule has 1 N–H and O–H groups in total. The second-order valence-electron chi connectivity index (χ2n) is 8.58. The fraction of sp³-hybridized carbons (Fsp3) is 0.259. The zero-order valence-electron chi connectivity index (χ0n) is 21.1. The number of anilines is 1. The molecular weight excluding hydrogens is 552 g/mol. The van der Waals surface area contributed by atoms with E-state index in [1.54, 1.807) is 25.1 Å². The second kappa shape index (κ2) is 12.6. The van der Waals surface area contributed by atoms with Crippen molar-refractivity contribution in [2.45, 2.75) is 38.3 Å². The number of rotatable bonds is 10. The number of likely N-dealkylation sites (N-methyl/N-ethyl adjacent to an activating group) is 1. The van der Waals surface area contributed by atoms with Gasteiger partial charge in [-0.2, -0.15) is 0 Å². The summed E-state index contributed by atoms with van der Waals surface area (Å²) >= 11 is 12.6. The Bertz CT molecular complexity index is 1420. The monoisotopic (exact) mass is 579 g/mol. The third-order valence-corrected chi connectivity index (χ3v) is 8.49. The molecule has 0 spiro atoms. The lowest BCUT2D eigenvalue weighted by molar-refractivity contribution is -0.139. The van der Waals surface area contributed by atoms with Gasteiger partial charge >= 0.3 is 0 Å². The largest absolute Gasteiger partial charge is 0.355 e. The van der Waals surface area contributed by atoms with Gasteiger partial charge in [0, 0.05) is 18.7 Å². The SMILES string of the molecule is CCNC(=O)[C@@H](C)N(Cc1ccccc1F)C(=O)CN(c1cccc(Cl)c1Cl)S(=O)(=O)c1ccc(C)cc1. The molecule has 0 fully saturated rings. The summed E-state index contributed by atoms with van der Waals surface area (Å²) in [6.45, 7) is 4.38.